The lowest BCUT2D eigenvalue weighted by Crippen LogP contribution is -2.29. The minimum absolute atomic E-state index is 0.0544. The Kier molecular flexibility index (Phi) is 6.20. The zero-order chi connectivity index (χ0) is 20.8. The van der Waals surface area contributed by atoms with Gasteiger partial charge in [0.1, 0.15) is 16.4 Å². The van der Waals surface area contributed by atoms with Crippen LogP contribution in [-0.4, -0.2) is 22.9 Å². The van der Waals surface area contributed by atoms with Crippen molar-refractivity contribution in [3.63, 3.8) is 0 Å². The molecule has 0 saturated carbocycles. The van der Waals surface area contributed by atoms with Crippen LogP contribution in [0.1, 0.15) is 16.6 Å². The van der Waals surface area contributed by atoms with E-state index in [2.05, 4.69) is 5.32 Å². The number of nitro groups is 1. The van der Waals surface area contributed by atoms with Crippen molar-refractivity contribution in [2.45, 2.75) is 13.0 Å². The maximum atomic E-state index is 12.2. The first-order valence-electron chi connectivity index (χ1n) is 8.51. The van der Waals surface area contributed by atoms with Crippen LogP contribution in [0, 0.1) is 10.1 Å². The molecule has 3 aromatic rings. The molecule has 0 bridgehead atoms. The maximum Gasteiger partial charge on any atom is 0.349 e. The molecule has 0 aliphatic carbocycles. The standard InChI is InChI=1S/C20H16N2O6S/c1-13(27-20(24)17-11-12-18(29-17)22(25)26)19(23)21-14-7-9-16(10-8-14)28-15-5-3-2-4-6-15/h2-13H,1H3,(H,21,23)/t13-/m0/s1. The van der Waals surface area contributed by atoms with Gasteiger partial charge in [-0.15, -0.1) is 0 Å². The third-order valence-corrected chi connectivity index (χ3v) is 4.74. The van der Waals surface area contributed by atoms with Gasteiger partial charge in [0, 0.05) is 11.8 Å². The lowest BCUT2D eigenvalue weighted by molar-refractivity contribution is -0.380. The van der Waals surface area contributed by atoms with E-state index in [9.17, 15) is 19.7 Å². The Morgan fingerprint density at radius 3 is 2.28 bits per heavy atom. The Morgan fingerprint density at radius 1 is 1.00 bits per heavy atom. The smallest absolute Gasteiger partial charge is 0.349 e. The van der Waals surface area contributed by atoms with Crippen LogP contribution in [0.25, 0.3) is 0 Å². The number of anilines is 1. The van der Waals surface area contributed by atoms with Crippen molar-refractivity contribution in [2.75, 3.05) is 5.32 Å². The second kappa shape index (κ2) is 8.98. The maximum absolute atomic E-state index is 12.2. The first-order chi connectivity index (χ1) is 13.9. The van der Waals surface area contributed by atoms with E-state index in [1.807, 2.05) is 30.3 Å². The van der Waals surface area contributed by atoms with Crippen molar-refractivity contribution in [3.8, 4) is 11.5 Å². The molecule has 1 atom stereocenters. The van der Waals surface area contributed by atoms with Gasteiger partial charge in [-0.2, -0.15) is 0 Å². The molecule has 1 aromatic heterocycles. The Bertz CT molecular complexity index is 1020. The van der Waals surface area contributed by atoms with Crippen LogP contribution < -0.4 is 10.1 Å². The molecule has 0 aliphatic heterocycles. The number of carbonyl (C=O) groups is 2. The van der Waals surface area contributed by atoms with E-state index in [1.54, 1.807) is 24.3 Å². The molecular formula is C20H16N2O6S. The summed E-state index contributed by atoms with van der Waals surface area (Å²) in [5.74, 6) is -0.0231. The SMILES string of the molecule is C[C@H](OC(=O)c1ccc([N+](=O)[O-])s1)C(=O)Nc1ccc(Oc2ccccc2)cc1. The van der Waals surface area contributed by atoms with E-state index in [1.165, 1.54) is 19.1 Å². The highest BCUT2D eigenvalue weighted by Gasteiger charge is 2.22. The van der Waals surface area contributed by atoms with Crippen LogP contribution in [0.2, 0.25) is 0 Å². The zero-order valence-electron chi connectivity index (χ0n) is 15.2. The van der Waals surface area contributed by atoms with Gasteiger partial charge in [-0.3, -0.25) is 14.9 Å². The van der Waals surface area contributed by atoms with Crippen LogP contribution in [0.15, 0.2) is 66.7 Å². The summed E-state index contributed by atoms with van der Waals surface area (Å²) in [6, 6.07) is 18.5. The number of amides is 1. The zero-order valence-corrected chi connectivity index (χ0v) is 16.0. The number of nitrogens with zero attached hydrogens (tertiary/aromatic N) is 1. The van der Waals surface area contributed by atoms with Crippen LogP contribution >= 0.6 is 11.3 Å². The molecule has 0 aliphatic rings. The molecule has 0 unspecified atom stereocenters. The summed E-state index contributed by atoms with van der Waals surface area (Å²) in [4.78, 5) is 34.4. The van der Waals surface area contributed by atoms with Gasteiger partial charge in [-0.1, -0.05) is 29.5 Å². The van der Waals surface area contributed by atoms with E-state index >= 15 is 0 Å². The van der Waals surface area contributed by atoms with Crippen molar-refractivity contribution in [1.29, 1.82) is 0 Å². The molecule has 1 N–H and O–H groups in total. The number of hydrogen-bond donors (Lipinski definition) is 1. The minimum Gasteiger partial charge on any atom is -0.457 e. The number of benzene rings is 2. The second-order valence-electron chi connectivity index (χ2n) is 5.87. The number of ether oxygens (including phenoxy) is 2. The molecule has 0 saturated heterocycles. The fraction of sp³-hybridized carbons (Fsp3) is 0.100. The highest BCUT2D eigenvalue weighted by Crippen LogP contribution is 2.25. The van der Waals surface area contributed by atoms with Crippen LogP contribution in [-0.2, 0) is 9.53 Å². The summed E-state index contributed by atoms with van der Waals surface area (Å²) in [6.45, 7) is 1.42. The van der Waals surface area contributed by atoms with Gasteiger partial charge in [0.05, 0.1) is 4.92 Å². The van der Waals surface area contributed by atoms with Gasteiger partial charge < -0.3 is 14.8 Å². The van der Waals surface area contributed by atoms with E-state index in [0.29, 0.717) is 28.5 Å². The van der Waals surface area contributed by atoms with Gasteiger partial charge in [-0.05, 0) is 49.4 Å². The van der Waals surface area contributed by atoms with Gasteiger partial charge in [-0.25, -0.2) is 4.79 Å². The second-order valence-corrected chi connectivity index (χ2v) is 6.93. The van der Waals surface area contributed by atoms with Crippen LogP contribution in [0.4, 0.5) is 10.7 Å². The predicted molar refractivity (Wildman–Crippen MR) is 107 cm³/mol. The number of rotatable bonds is 7. The first kappa shape index (κ1) is 20.0. The number of para-hydroxylation sites is 1. The van der Waals surface area contributed by atoms with Gasteiger partial charge in [0.25, 0.3) is 5.91 Å². The van der Waals surface area contributed by atoms with Crippen LogP contribution in [0.3, 0.4) is 0 Å². The highest BCUT2D eigenvalue weighted by molar-refractivity contribution is 7.17. The molecule has 1 heterocycles. The highest BCUT2D eigenvalue weighted by atomic mass is 32.1. The predicted octanol–water partition coefficient (Wildman–Crippen LogP) is 4.63. The normalized spacial score (nSPS) is 11.3. The van der Waals surface area contributed by atoms with E-state index in [4.69, 9.17) is 9.47 Å². The molecule has 1 amide bonds. The largest absolute Gasteiger partial charge is 0.457 e. The Balaban J connectivity index is 1.54. The number of esters is 1. The van der Waals surface area contributed by atoms with E-state index in [-0.39, 0.29) is 9.88 Å². The molecular weight excluding hydrogens is 396 g/mol. The van der Waals surface area contributed by atoms with Crippen molar-refractivity contribution >= 4 is 33.9 Å². The Morgan fingerprint density at radius 2 is 1.66 bits per heavy atom. The minimum atomic E-state index is -1.08. The van der Waals surface area contributed by atoms with Crippen molar-refractivity contribution in [3.05, 3.63) is 81.7 Å². The fourth-order valence-electron chi connectivity index (χ4n) is 2.28. The third-order valence-electron chi connectivity index (χ3n) is 3.73. The summed E-state index contributed by atoms with van der Waals surface area (Å²) in [5, 5.41) is 13.1. The molecule has 29 heavy (non-hydrogen) atoms. The van der Waals surface area contributed by atoms with Crippen molar-refractivity contribution in [2.24, 2.45) is 0 Å². The van der Waals surface area contributed by atoms with Gasteiger partial charge in [0.15, 0.2) is 6.10 Å². The lowest BCUT2D eigenvalue weighted by atomic mass is 10.2. The first-order valence-corrected chi connectivity index (χ1v) is 9.33. The molecule has 8 nitrogen and oxygen atoms in total. The summed E-state index contributed by atoms with van der Waals surface area (Å²) >= 11 is 0.690. The molecule has 0 fully saturated rings. The molecule has 0 radical (unpaired) electrons. The third kappa shape index (κ3) is 5.39. The monoisotopic (exact) mass is 412 g/mol. The number of nitrogens with one attached hydrogen (secondary N) is 1. The number of hydrogen-bond acceptors (Lipinski definition) is 7. The number of thiophene rings is 1. The van der Waals surface area contributed by atoms with Crippen molar-refractivity contribution < 1.29 is 24.0 Å². The average Bonchev–Trinajstić information content (AvgIpc) is 3.21. The molecule has 3 rings (SSSR count). The Labute approximate surface area is 169 Å². The summed E-state index contributed by atoms with van der Waals surface area (Å²) in [7, 11) is 0. The van der Waals surface area contributed by atoms with E-state index in [0.717, 1.165) is 0 Å². The average molecular weight is 412 g/mol. The fourth-order valence-corrected chi connectivity index (χ4v) is 2.99. The molecule has 2 aromatic carbocycles. The lowest BCUT2D eigenvalue weighted by Gasteiger charge is -2.13. The van der Waals surface area contributed by atoms with Crippen LogP contribution in [0.5, 0.6) is 11.5 Å². The quantitative estimate of drug-likeness (QED) is 0.344. The van der Waals surface area contributed by atoms with Crippen molar-refractivity contribution in [1.82, 2.24) is 0 Å². The molecule has 148 valence electrons. The van der Waals surface area contributed by atoms with E-state index < -0.39 is 22.9 Å². The Hall–Kier alpha value is -3.72. The van der Waals surface area contributed by atoms with Gasteiger partial charge in [0.2, 0.25) is 0 Å². The summed E-state index contributed by atoms with van der Waals surface area (Å²) < 4.78 is 10.8. The van der Waals surface area contributed by atoms with Gasteiger partial charge >= 0.3 is 11.0 Å². The number of carbonyl (C=O) groups excluding carboxylic acids is 2. The summed E-state index contributed by atoms with van der Waals surface area (Å²) in [6.07, 6.45) is -1.08. The topological polar surface area (TPSA) is 108 Å². The molecule has 9 heteroatoms. The summed E-state index contributed by atoms with van der Waals surface area (Å²) in [5.41, 5.74) is 0.505. The molecule has 0 spiro atoms.